The van der Waals surface area contributed by atoms with Crippen molar-refractivity contribution >= 4 is 43.6 Å². The second kappa shape index (κ2) is 10.7. The molecule has 0 radical (unpaired) electrons. The van der Waals surface area contributed by atoms with Gasteiger partial charge in [-0.05, 0) is 76.9 Å². The number of rotatable bonds is 4. The highest BCUT2D eigenvalue weighted by Crippen LogP contribution is 2.35. The first kappa shape index (κ1) is 26.2. The second-order valence-electron chi connectivity index (χ2n) is 11.6. The van der Waals surface area contributed by atoms with Gasteiger partial charge in [-0.3, -0.25) is 15.0 Å². The maximum Gasteiger partial charge on any atom is 0.0972 e. The van der Waals surface area contributed by atoms with Crippen LogP contribution in [0.1, 0.15) is 0 Å². The molecular weight excluding hydrogens is 560 g/mol. The summed E-state index contributed by atoms with van der Waals surface area (Å²) in [6.07, 6.45) is 5.77. The summed E-state index contributed by atoms with van der Waals surface area (Å²) >= 11 is 0. The molecule has 4 nitrogen and oxygen atoms in total. The van der Waals surface area contributed by atoms with Gasteiger partial charge in [0.1, 0.15) is 0 Å². The number of pyridine rings is 4. The van der Waals surface area contributed by atoms with Gasteiger partial charge in [0.05, 0.1) is 27.8 Å². The van der Waals surface area contributed by atoms with Crippen LogP contribution < -0.4 is 0 Å². The van der Waals surface area contributed by atoms with Crippen LogP contribution in [0.15, 0.2) is 158 Å². The molecule has 0 atom stereocenters. The van der Waals surface area contributed by atoms with Gasteiger partial charge >= 0.3 is 0 Å². The molecule has 4 aromatic heterocycles. The maximum atomic E-state index is 5.06. The first-order valence-electron chi connectivity index (χ1n) is 15.4. The summed E-state index contributed by atoms with van der Waals surface area (Å²) in [5, 5.41) is 4.42. The Morgan fingerprint density at radius 3 is 1.50 bits per heavy atom. The average molecular weight is 587 g/mol. The number of benzene rings is 5. The molecule has 0 spiro atoms. The first-order chi connectivity index (χ1) is 22.7. The largest absolute Gasteiger partial charge is 0.256 e. The van der Waals surface area contributed by atoms with Gasteiger partial charge in [-0.1, -0.05) is 84.9 Å². The zero-order valence-electron chi connectivity index (χ0n) is 24.8. The minimum Gasteiger partial charge on any atom is -0.256 e. The normalized spacial score (nSPS) is 11.5. The Labute approximate surface area is 265 Å². The first-order valence-corrected chi connectivity index (χ1v) is 15.4. The zero-order chi connectivity index (χ0) is 30.5. The molecule has 9 rings (SSSR count). The van der Waals surface area contributed by atoms with Crippen LogP contribution in [0.3, 0.4) is 0 Å². The van der Waals surface area contributed by atoms with E-state index >= 15 is 0 Å². The molecule has 4 heterocycles. The molecule has 0 saturated heterocycles. The van der Waals surface area contributed by atoms with Crippen LogP contribution in [0.5, 0.6) is 0 Å². The molecule has 46 heavy (non-hydrogen) atoms. The van der Waals surface area contributed by atoms with Crippen LogP contribution in [0.4, 0.5) is 0 Å². The minimum absolute atomic E-state index is 0.921. The summed E-state index contributed by atoms with van der Waals surface area (Å²) in [6, 6.07) is 48.8. The Hall–Kier alpha value is -6.26. The number of fused-ring (bicyclic) bond motifs is 5. The van der Waals surface area contributed by atoms with Crippen LogP contribution in [0.2, 0.25) is 0 Å². The summed E-state index contributed by atoms with van der Waals surface area (Å²) in [5.74, 6) is 0. The number of aromatic nitrogens is 4. The van der Waals surface area contributed by atoms with E-state index in [2.05, 4.69) is 114 Å². The Kier molecular flexibility index (Phi) is 6.10. The molecule has 0 amide bonds. The van der Waals surface area contributed by atoms with E-state index in [1.807, 2.05) is 48.9 Å². The lowest BCUT2D eigenvalue weighted by molar-refractivity contribution is 1.37. The van der Waals surface area contributed by atoms with Crippen molar-refractivity contribution in [3.8, 4) is 44.6 Å². The Balaban J connectivity index is 1.16. The van der Waals surface area contributed by atoms with Gasteiger partial charge in [0, 0.05) is 56.8 Å². The van der Waals surface area contributed by atoms with Gasteiger partial charge in [0.2, 0.25) is 0 Å². The highest BCUT2D eigenvalue weighted by atomic mass is 14.8. The molecule has 0 aliphatic carbocycles. The quantitative estimate of drug-likeness (QED) is 0.193. The Morgan fingerprint density at radius 2 is 0.848 bits per heavy atom. The van der Waals surface area contributed by atoms with Crippen LogP contribution in [-0.2, 0) is 0 Å². The van der Waals surface area contributed by atoms with Gasteiger partial charge in [0.25, 0.3) is 0 Å². The summed E-state index contributed by atoms with van der Waals surface area (Å²) in [4.78, 5) is 19.2. The molecular formula is C42H26N4. The maximum absolute atomic E-state index is 5.06. The number of nitrogens with zero attached hydrogens (tertiary/aromatic N) is 4. The van der Waals surface area contributed by atoms with E-state index in [-0.39, 0.29) is 0 Å². The molecule has 5 aromatic carbocycles. The third-order valence-electron chi connectivity index (χ3n) is 8.73. The smallest absolute Gasteiger partial charge is 0.0972 e. The molecule has 9 aromatic rings. The lowest BCUT2D eigenvalue weighted by Crippen LogP contribution is -1.90. The third kappa shape index (κ3) is 4.64. The second-order valence-corrected chi connectivity index (χ2v) is 11.6. The summed E-state index contributed by atoms with van der Waals surface area (Å²) < 4.78 is 0. The molecule has 214 valence electrons. The predicted octanol–water partition coefficient (Wildman–Crippen LogP) is 10.5. The monoisotopic (exact) mass is 586 g/mol. The van der Waals surface area contributed by atoms with Crippen molar-refractivity contribution in [2.75, 3.05) is 0 Å². The van der Waals surface area contributed by atoms with E-state index < -0.39 is 0 Å². The number of hydrogen-bond donors (Lipinski definition) is 0. The van der Waals surface area contributed by atoms with Gasteiger partial charge < -0.3 is 0 Å². The minimum atomic E-state index is 0.921. The lowest BCUT2D eigenvalue weighted by Gasteiger charge is -2.13. The van der Waals surface area contributed by atoms with Crippen molar-refractivity contribution in [3.05, 3.63) is 158 Å². The van der Waals surface area contributed by atoms with E-state index in [1.165, 1.54) is 0 Å². The topological polar surface area (TPSA) is 51.6 Å². The predicted molar refractivity (Wildman–Crippen MR) is 189 cm³/mol. The van der Waals surface area contributed by atoms with Crippen molar-refractivity contribution in [2.24, 2.45) is 0 Å². The van der Waals surface area contributed by atoms with Gasteiger partial charge in [-0.25, -0.2) is 4.98 Å². The highest BCUT2D eigenvalue weighted by Gasteiger charge is 2.11. The summed E-state index contributed by atoms with van der Waals surface area (Å²) in [7, 11) is 0. The van der Waals surface area contributed by atoms with Crippen LogP contribution in [-0.4, -0.2) is 19.9 Å². The molecule has 0 unspecified atom stereocenters. The molecule has 4 heteroatoms. The summed E-state index contributed by atoms with van der Waals surface area (Å²) in [5.41, 5.74) is 12.4. The number of para-hydroxylation sites is 2. The number of hydrogen-bond acceptors (Lipinski definition) is 4. The molecule has 0 saturated carbocycles. The molecule has 0 N–H and O–H groups in total. The van der Waals surface area contributed by atoms with Crippen molar-refractivity contribution in [1.29, 1.82) is 0 Å². The average Bonchev–Trinajstić information content (AvgIpc) is 3.14. The molecule has 0 bridgehead atoms. The van der Waals surface area contributed by atoms with E-state index in [1.54, 1.807) is 0 Å². The van der Waals surface area contributed by atoms with Crippen molar-refractivity contribution in [2.45, 2.75) is 0 Å². The highest BCUT2D eigenvalue weighted by molar-refractivity contribution is 6.03. The van der Waals surface area contributed by atoms with Crippen molar-refractivity contribution in [1.82, 2.24) is 19.9 Å². The molecule has 0 aliphatic rings. The van der Waals surface area contributed by atoms with Gasteiger partial charge in [-0.2, -0.15) is 0 Å². The zero-order valence-corrected chi connectivity index (χ0v) is 24.8. The summed E-state index contributed by atoms with van der Waals surface area (Å²) in [6.45, 7) is 0. The molecule has 0 aliphatic heterocycles. The standard InChI is InChI=1S/C42H26N4/c1-3-9-38-31(6-1)20-36(25-44-38)34-22-33(23-35(24-34)37-21-32-7-2-4-10-39(32)45-26-37)27-11-13-28(14-12-27)40-18-17-30-16-15-29-8-5-19-43-41(29)42(30)46-40/h1-26H. The Bertz CT molecular complexity index is 2490. The lowest BCUT2D eigenvalue weighted by atomic mass is 9.93. The van der Waals surface area contributed by atoms with Crippen molar-refractivity contribution < 1.29 is 0 Å². The van der Waals surface area contributed by atoms with Crippen LogP contribution in [0, 0.1) is 0 Å². The van der Waals surface area contributed by atoms with Gasteiger partial charge in [0.15, 0.2) is 0 Å². The van der Waals surface area contributed by atoms with E-state index in [0.29, 0.717) is 0 Å². The van der Waals surface area contributed by atoms with E-state index in [9.17, 15) is 0 Å². The van der Waals surface area contributed by atoms with E-state index in [0.717, 1.165) is 88.2 Å². The fourth-order valence-electron chi connectivity index (χ4n) is 6.30. The third-order valence-corrected chi connectivity index (χ3v) is 8.73. The molecule has 0 fully saturated rings. The SMILES string of the molecule is c1ccc2ncc(-c3cc(-c4ccc(-c5ccc6ccc7cccnc7c6n5)cc4)cc(-c4cnc5ccccc5c4)c3)cc2c1. The fourth-order valence-corrected chi connectivity index (χ4v) is 6.30. The Morgan fingerprint density at radius 1 is 0.326 bits per heavy atom. The van der Waals surface area contributed by atoms with Gasteiger partial charge in [-0.15, -0.1) is 0 Å². The van der Waals surface area contributed by atoms with Crippen LogP contribution >= 0.6 is 0 Å². The van der Waals surface area contributed by atoms with Crippen molar-refractivity contribution in [3.63, 3.8) is 0 Å². The van der Waals surface area contributed by atoms with E-state index in [4.69, 9.17) is 15.0 Å². The van der Waals surface area contributed by atoms with Crippen LogP contribution in [0.25, 0.3) is 88.2 Å². The fraction of sp³-hybridized carbons (Fsp3) is 0.